The molecular formula is C17H20ClN3O2S. The van der Waals surface area contributed by atoms with Crippen LogP contribution in [-0.2, 0) is 22.4 Å². The zero-order chi connectivity index (χ0) is 16.9. The van der Waals surface area contributed by atoms with Gasteiger partial charge >= 0.3 is 0 Å². The summed E-state index contributed by atoms with van der Waals surface area (Å²) in [6, 6.07) is 5.58. The molecule has 1 saturated heterocycles. The molecule has 1 N–H and O–H groups in total. The molecule has 0 atom stereocenters. The number of hydrogen-bond acceptors (Lipinski definition) is 5. The van der Waals surface area contributed by atoms with Crippen LogP contribution in [0.4, 0.5) is 11.4 Å². The molecule has 1 aromatic carbocycles. The van der Waals surface area contributed by atoms with Gasteiger partial charge in [-0.1, -0.05) is 18.5 Å². The van der Waals surface area contributed by atoms with Gasteiger partial charge in [-0.15, -0.1) is 11.3 Å². The number of halogens is 1. The van der Waals surface area contributed by atoms with Crippen LogP contribution < -0.4 is 10.2 Å². The first-order valence-electron chi connectivity index (χ1n) is 8.01. The first-order chi connectivity index (χ1) is 11.7. The van der Waals surface area contributed by atoms with Gasteiger partial charge in [0.1, 0.15) is 0 Å². The van der Waals surface area contributed by atoms with Crippen molar-refractivity contribution in [1.82, 2.24) is 4.98 Å². The van der Waals surface area contributed by atoms with Crippen molar-refractivity contribution >= 4 is 40.2 Å². The van der Waals surface area contributed by atoms with Crippen molar-refractivity contribution in [1.29, 1.82) is 0 Å². The summed E-state index contributed by atoms with van der Waals surface area (Å²) in [6.07, 6.45) is 1.16. The number of nitrogens with zero attached hydrogens (tertiary/aromatic N) is 2. The van der Waals surface area contributed by atoms with Crippen molar-refractivity contribution in [3.8, 4) is 0 Å². The van der Waals surface area contributed by atoms with Crippen molar-refractivity contribution < 1.29 is 9.53 Å². The Morgan fingerprint density at radius 3 is 2.92 bits per heavy atom. The summed E-state index contributed by atoms with van der Waals surface area (Å²) in [5, 5.41) is 6.58. The quantitative estimate of drug-likeness (QED) is 0.882. The van der Waals surface area contributed by atoms with Crippen LogP contribution in [0.1, 0.15) is 17.6 Å². The number of rotatable bonds is 5. The highest BCUT2D eigenvalue weighted by atomic mass is 35.5. The Labute approximate surface area is 150 Å². The number of hydrogen-bond donors (Lipinski definition) is 1. The largest absolute Gasteiger partial charge is 0.378 e. The number of anilines is 2. The third-order valence-electron chi connectivity index (χ3n) is 3.83. The minimum absolute atomic E-state index is 0.0836. The van der Waals surface area contributed by atoms with Gasteiger partial charge in [-0.05, 0) is 24.6 Å². The molecule has 1 aromatic heterocycles. The van der Waals surface area contributed by atoms with E-state index in [0.29, 0.717) is 18.2 Å². The molecule has 0 saturated carbocycles. The fraction of sp³-hybridized carbons (Fsp3) is 0.412. The third-order valence-corrected chi connectivity index (χ3v) is 5.10. The first-order valence-corrected chi connectivity index (χ1v) is 9.27. The van der Waals surface area contributed by atoms with Gasteiger partial charge in [-0.3, -0.25) is 4.79 Å². The number of carbonyl (C=O) groups is 1. The molecule has 1 amide bonds. The molecule has 3 rings (SSSR count). The number of aryl methyl sites for hydroxylation is 1. The number of aromatic nitrogens is 1. The van der Waals surface area contributed by atoms with Crippen molar-refractivity contribution in [2.75, 3.05) is 36.5 Å². The number of carbonyl (C=O) groups excluding carboxylic acids is 1. The second-order valence-electron chi connectivity index (χ2n) is 5.57. The zero-order valence-corrected chi connectivity index (χ0v) is 15.1. The monoisotopic (exact) mass is 365 g/mol. The van der Waals surface area contributed by atoms with Crippen molar-refractivity contribution in [2.24, 2.45) is 0 Å². The normalized spacial score (nSPS) is 14.7. The van der Waals surface area contributed by atoms with E-state index in [-0.39, 0.29) is 12.3 Å². The van der Waals surface area contributed by atoms with Crippen LogP contribution in [0.25, 0.3) is 0 Å². The lowest BCUT2D eigenvalue weighted by molar-refractivity contribution is -0.115. The lowest BCUT2D eigenvalue weighted by atomic mass is 10.2. The molecule has 128 valence electrons. The molecule has 0 spiro atoms. The first kappa shape index (κ1) is 17.2. The standard InChI is InChI=1S/C17H20ClN3O2S/c1-2-17-19-13(11-24-17)10-16(22)20-14-9-12(18)3-4-15(14)21-5-7-23-8-6-21/h3-4,9,11H,2,5-8,10H2,1H3,(H,20,22). The molecule has 0 unspecified atom stereocenters. The Morgan fingerprint density at radius 1 is 1.42 bits per heavy atom. The molecule has 7 heteroatoms. The van der Waals surface area contributed by atoms with Crippen LogP contribution in [0, 0.1) is 0 Å². The molecule has 0 aliphatic carbocycles. The third kappa shape index (κ3) is 4.26. The number of nitrogens with one attached hydrogen (secondary N) is 1. The van der Waals surface area contributed by atoms with Gasteiger partial charge < -0.3 is 15.0 Å². The lowest BCUT2D eigenvalue weighted by Gasteiger charge is -2.30. The van der Waals surface area contributed by atoms with Crippen LogP contribution in [0.5, 0.6) is 0 Å². The molecule has 5 nitrogen and oxygen atoms in total. The molecule has 1 aliphatic rings. The Hall–Kier alpha value is -1.63. The lowest BCUT2D eigenvalue weighted by Crippen LogP contribution is -2.36. The highest BCUT2D eigenvalue weighted by Gasteiger charge is 2.17. The molecular weight excluding hydrogens is 346 g/mol. The minimum Gasteiger partial charge on any atom is -0.378 e. The fourth-order valence-electron chi connectivity index (χ4n) is 2.64. The smallest absolute Gasteiger partial charge is 0.230 e. The second kappa shape index (κ2) is 7.96. The number of thiazole rings is 1. The summed E-state index contributed by atoms with van der Waals surface area (Å²) in [5.41, 5.74) is 2.52. The average Bonchev–Trinajstić information content (AvgIpc) is 3.03. The molecule has 2 heterocycles. The van der Waals surface area contributed by atoms with E-state index in [1.165, 1.54) is 0 Å². The Balaban J connectivity index is 1.73. The van der Waals surface area contributed by atoms with Crippen LogP contribution in [0.2, 0.25) is 5.02 Å². The van der Waals surface area contributed by atoms with Gasteiger partial charge in [0.05, 0.1) is 41.7 Å². The zero-order valence-electron chi connectivity index (χ0n) is 13.5. The number of benzene rings is 1. The molecule has 2 aromatic rings. The summed E-state index contributed by atoms with van der Waals surface area (Å²) in [7, 11) is 0. The van der Waals surface area contributed by atoms with E-state index in [0.717, 1.165) is 41.6 Å². The van der Waals surface area contributed by atoms with E-state index in [4.69, 9.17) is 16.3 Å². The van der Waals surface area contributed by atoms with E-state index in [9.17, 15) is 4.79 Å². The minimum atomic E-state index is -0.0836. The summed E-state index contributed by atoms with van der Waals surface area (Å²) in [5.74, 6) is -0.0836. The van der Waals surface area contributed by atoms with Crippen LogP contribution >= 0.6 is 22.9 Å². The predicted molar refractivity (Wildman–Crippen MR) is 98.3 cm³/mol. The van der Waals surface area contributed by atoms with Gasteiger partial charge in [-0.25, -0.2) is 4.98 Å². The van der Waals surface area contributed by atoms with Crippen LogP contribution in [0.3, 0.4) is 0 Å². The number of ether oxygens (including phenoxy) is 1. The van der Waals surface area contributed by atoms with Gasteiger partial charge in [0.25, 0.3) is 0 Å². The maximum absolute atomic E-state index is 12.4. The van der Waals surface area contributed by atoms with Gasteiger partial charge in [-0.2, -0.15) is 0 Å². The van der Waals surface area contributed by atoms with Crippen LogP contribution in [-0.4, -0.2) is 37.2 Å². The highest BCUT2D eigenvalue weighted by Crippen LogP contribution is 2.30. The van der Waals surface area contributed by atoms with E-state index in [1.807, 2.05) is 17.5 Å². The van der Waals surface area contributed by atoms with Crippen molar-refractivity contribution in [3.05, 3.63) is 39.3 Å². The molecule has 1 fully saturated rings. The molecule has 0 bridgehead atoms. The SMILES string of the molecule is CCc1nc(CC(=O)Nc2cc(Cl)ccc2N2CCOCC2)cs1. The van der Waals surface area contributed by atoms with Gasteiger partial charge in [0.15, 0.2) is 0 Å². The molecule has 1 aliphatic heterocycles. The predicted octanol–water partition coefficient (Wildman–Crippen LogP) is 3.38. The van der Waals surface area contributed by atoms with Gasteiger partial charge in [0, 0.05) is 23.5 Å². The van der Waals surface area contributed by atoms with Crippen molar-refractivity contribution in [2.45, 2.75) is 19.8 Å². The van der Waals surface area contributed by atoms with Crippen LogP contribution in [0.15, 0.2) is 23.6 Å². The Kier molecular flexibility index (Phi) is 5.71. The maximum Gasteiger partial charge on any atom is 0.230 e. The van der Waals surface area contributed by atoms with E-state index >= 15 is 0 Å². The van der Waals surface area contributed by atoms with Gasteiger partial charge in [0.2, 0.25) is 5.91 Å². The summed E-state index contributed by atoms with van der Waals surface area (Å²) in [6.45, 7) is 5.04. The molecule has 0 radical (unpaired) electrons. The molecule has 24 heavy (non-hydrogen) atoms. The van der Waals surface area contributed by atoms with E-state index in [2.05, 4.69) is 22.1 Å². The number of amides is 1. The number of morpholine rings is 1. The highest BCUT2D eigenvalue weighted by molar-refractivity contribution is 7.09. The summed E-state index contributed by atoms with van der Waals surface area (Å²) < 4.78 is 5.40. The second-order valence-corrected chi connectivity index (χ2v) is 6.95. The summed E-state index contributed by atoms with van der Waals surface area (Å²) in [4.78, 5) is 19.0. The topological polar surface area (TPSA) is 54.5 Å². The average molecular weight is 366 g/mol. The Morgan fingerprint density at radius 2 is 2.21 bits per heavy atom. The summed E-state index contributed by atoms with van der Waals surface area (Å²) >= 11 is 7.71. The van der Waals surface area contributed by atoms with E-state index in [1.54, 1.807) is 17.4 Å². The fourth-order valence-corrected chi connectivity index (χ4v) is 3.56. The van der Waals surface area contributed by atoms with E-state index < -0.39 is 0 Å². The van der Waals surface area contributed by atoms with Crippen molar-refractivity contribution in [3.63, 3.8) is 0 Å². The maximum atomic E-state index is 12.4. The Bertz CT molecular complexity index is 714.